The van der Waals surface area contributed by atoms with Crippen molar-refractivity contribution in [1.29, 1.82) is 0 Å². The average molecular weight is 212 g/mol. The molecule has 0 fully saturated rings. The molecule has 0 aromatic carbocycles. The molecule has 0 bridgehead atoms. The number of nitrogens with zero attached hydrogens (tertiary/aromatic N) is 1. The largest absolute Gasteiger partial charge is 0.362 e. The van der Waals surface area contributed by atoms with Crippen LogP contribution in [0, 0.1) is 0 Å². The van der Waals surface area contributed by atoms with Gasteiger partial charge in [-0.25, -0.2) is 4.57 Å². The maximum atomic E-state index is 11.5. The van der Waals surface area contributed by atoms with Crippen LogP contribution in [0.25, 0.3) is 0 Å². The van der Waals surface area contributed by atoms with E-state index in [4.69, 9.17) is 4.74 Å². The summed E-state index contributed by atoms with van der Waals surface area (Å²) in [4.78, 5) is 14.4. The zero-order valence-electron chi connectivity index (χ0n) is 9.19. The summed E-state index contributed by atoms with van der Waals surface area (Å²) in [7, 11) is 1.60. The number of ether oxygens (including phenoxy) is 1. The number of methoxy groups -OCH3 is 1. The lowest BCUT2D eigenvalue weighted by molar-refractivity contribution is -0.683. The number of hydrogen-bond donors (Lipinski definition) is 2. The number of hydrogen-bond acceptors (Lipinski definition) is 2. The maximum absolute atomic E-state index is 11.5. The minimum Gasteiger partial charge on any atom is -0.362 e. The van der Waals surface area contributed by atoms with E-state index in [0.29, 0.717) is 6.54 Å². The van der Waals surface area contributed by atoms with Gasteiger partial charge in [-0.2, -0.15) is 0 Å². The van der Waals surface area contributed by atoms with Crippen molar-refractivity contribution in [2.45, 2.75) is 32.5 Å². The number of nitrogens with one attached hydrogen (secondary N) is 2. The normalized spacial score (nSPS) is 12.4. The predicted octanol–water partition coefficient (Wildman–Crippen LogP) is 0.191. The van der Waals surface area contributed by atoms with Gasteiger partial charge in [0.25, 0.3) is 5.91 Å². The van der Waals surface area contributed by atoms with Crippen LogP contribution in [0.4, 0.5) is 0 Å². The third-order valence-electron chi connectivity index (χ3n) is 2.09. The minimum absolute atomic E-state index is 0.0418. The fourth-order valence-corrected chi connectivity index (χ4v) is 1.32. The highest BCUT2D eigenvalue weighted by Crippen LogP contribution is 1.96. The summed E-state index contributed by atoms with van der Waals surface area (Å²) in [6.45, 7) is 2.37. The van der Waals surface area contributed by atoms with Crippen molar-refractivity contribution in [1.82, 2.24) is 10.3 Å². The SMILES string of the molecule is CCCC(NC(=O)C[n+]1cc[nH]c1)OC. The number of carbonyl (C=O) groups excluding carboxylic acids is 1. The molecule has 0 aliphatic rings. The number of rotatable bonds is 6. The molecule has 1 amide bonds. The van der Waals surface area contributed by atoms with Crippen LogP contribution >= 0.6 is 0 Å². The summed E-state index contributed by atoms with van der Waals surface area (Å²) in [5, 5.41) is 2.81. The molecule has 0 spiro atoms. The topological polar surface area (TPSA) is 58.0 Å². The molecule has 1 atom stereocenters. The van der Waals surface area contributed by atoms with Gasteiger partial charge >= 0.3 is 0 Å². The van der Waals surface area contributed by atoms with E-state index in [1.165, 1.54) is 0 Å². The van der Waals surface area contributed by atoms with Crippen LogP contribution in [0.1, 0.15) is 19.8 Å². The van der Waals surface area contributed by atoms with Crippen molar-refractivity contribution in [2.75, 3.05) is 7.11 Å². The summed E-state index contributed by atoms with van der Waals surface area (Å²) in [6.07, 6.45) is 6.95. The molecular weight excluding hydrogens is 194 g/mol. The molecule has 0 aliphatic carbocycles. The van der Waals surface area contributed by atoms with Crippen LogP contribution in [0.15, 0.2) is 18.7 Å². The molecule has 1 aromatic heterocycles. The first-order chi connectivity index (χ1) is 7.26. The van der Waals surface area contributed by atoms with Crippen LogP contribution in [-0.4, -0.2) is 24.2 Å². The Hall–Kier alpha value is -1.36. The quantitative estimate of drug-likeness (QED) is 0.522. The highest BCUT2D eigenvalue weighted by atomic mass is 16.5. The van der Waals surface area contributed by atoms with E-state index < -0.39 is 0 Å². The third kappa shape index (κ3) is 4.12. The number of imidazole rings is 1. The van der Waals surface area contributed by atoms with E-state index in [1.54, 1.807) is 30.4 Å². The van der Waals surface area contributed by atoms with Gasteiger partial charge in [0.15, 0.2) is 6.54 Å². The zero-order valence-corrected chi connectivity index (χ0v) is 9.19. The molecule has 5 heteroatoms. The number of aromatic nitrogens is 2. The van der Waals surface area contributed by atoms with Crippen molar-refractivity contribution in [3.8, 4) is 0 Å². The number of carbonyl (C=O) groups is 1. The summed E-state index contributed by atoms with van der Waals surface area (Å²) < 4.78 is 6.90. The lowest BCUT2D eigenvalue weighted by Crippen LogP contribution is -2.45. The van der Waals surface area contributed by atoms with Crippen LogP contribution in [0.5, 0.6) is 0 Å². The molecule has 1 aromatic rings. The van der Waals surface area contributed by atoms with Crippen LogP contribution in [0.3, 0.4) is 0 Å². The van der Waals surface area contributed by atoms with Gasteiger partial charge in [-0.15, -0.1) is 0 Å². The zero-order chi connectivity index (χ0) is 11.1. The Morgan fingerprint density at radius 2 is 2.47 bits per heavy atom. The molecule has 0 aliphatic heterocycles. The Bertz CT molecular complexity index is 285. The van der Waals surface area contributed by atoms with E-state index in [-0.39, 0.29) is 12.1 Å². The standard InChI is InChI=1S/C10H17N3O2/c1-3-4-10(15-2)12-9(14)7-13-6-5-11-8-13/h5-6,8,10H,3-4,7H2,1-2H3,(H,12,14)/p+1. The van der Waals surface area contributed by atoms with Gasteiger partial charge < -0.3 is 10.1 Å². The third-order valence-corrected chi connectivity index (χ3v) is 2.09. The van der Waals surface area contributed by atoms with Crippen LogP contribution in [0.2, 0.25) is 0 Å². The molecule has 1 unspecified atom stereocenters. The second kappa shape index (κ2) is 6.19. The molecule has 1 heterocycles. The van der Waals surface area contributed by atoms with Gasteiger partial charge in [-0.05, 0) is 6.42 Å². The van der Waals surface area contributed by atoms with E-state index >= 15 is 0 Å². The highest BCUT2D eigenvalue weighted by molar-refractivity contribution is 5.74. The lowest BCUT2D eigenvalue weighted by atomic mass is 10.3. The number of aromatic amines is 1. The molecule has 84 valence electrons. The first-order valence-corrected chi connectivity index (χ1v) is 5.10. The molecule has 15 heavy (non-hydrogen) atoms. The van der Waals surface area contributed by atoms with Crippen LogP contribution in [-0.2, 0) is 16.1 Å². The van der Waals surface area contributed by atoms with Crippen molar-refractivity contribution in [3.63, 3.8) is 0 Å². The first kappa shape index (κ1) is 11.7. The van der Waals surface area contributed by atoms with Crippen molar-refractivity contribution < 1.29 is 14.1 Å². The summed E-state index contributed by atoms with van der Waals surface area (Å²) >= 11 is 0. The fourth-order valence-electron chi connectivity index (χ4n) is 1.32. The van der Waals surface area contributed by atoms with Crippen molar-refractivity contribution >= 4 is 5.91 Å². The van der Waals surface area contributed by atoms with Gasteiger partial charge in [0.1, 0.15) is 18.6 Å². The Kier molecular flexibility index (Phi) is 4.83. The number of amides is 1. The van der Waals surface area contributed by atoms with Gasteiger partial charge in [0.05, 0.1) is 0 Å². The van der Waals surface area contributed by atoms with E-state index in [2.05, 4.69) is 17.2 Å². The highest BCUT2D eigenvalue weighted by Gasteiger charge is 2.12. The molecular formula is C10H18N3O2+. The molecule has 5 nitrogen and oxygen atoms in total. The second-order valence-corrected chi connectivity index (χ2v) is 3.36. The average Bonchev–Trinajstić information content (AvgIpc) is 2.69. The molecule has 0 saturated carbocycles. The Balaban J connectivity index is 2.34. The monoisotopic (exact) mass is 212 g/mol. The van der Waals surface area contributed by atoms with E-state index in [1.807, 2.05) is 0 Å². The fraction of sp³-hybridized carbons (Fsp3) is 0.600. The van der Waals surface area contributed by atoms with Crippen molar-refractivity contribution in [3.05, 3.63) is 18.7 Å². The van der Waals surface area contributed by atoms with Gasteiger partial charge in [-0.3, -0.25) is 9.78 Å². The molecule has 0 radical (unpaired) electrons. The summed E-state index contributed by atoms with van der Waals surface area (Å²) in [5.41, 5.74) is 0. The van der Waals surface area contributed by atoms with Crippen molar-refractivity contribution in [2.24, 2.45) is 0 Å². The Labute approximate surface area is 89.4 Å². The number of H-pyrrole nitrogens is 1. The Morgan fingerprint density at radius 3 is 3.00 bits per heavy atom. The maximum Gasteiger partial charge on any atom is 0.264 e. The van der Waals surface area contributed by atoms with E-state index in [0.717, 1.165) is 12.8 Å². The van der Waals surface area contributed by atoms with Gasteiger partial charge in [0, 0.05) is 7.11 Å². The smallest absolute Gasteiger partial charge is 0.264 e. The second-order valence-electron chi connectivity index (χ2n) is 3.36. The Morgan fingerprint density at radius 1 is 1.67 bits per heavy atom. The van der Waals surface area contributed by atoms with Gasteiger partial charge in [-0.1, -0.05) is 13.3 Å². The minimum atomic E-state index is -0.179. The first-order valence-electron chi connectivity index (χ1n) is 5.10. The molecule has 2 N–H and O–H groups in total. The lowest BCUT2D eigenvalue weighted by Gasteiger charge is -2.15. The summed E-state index contributed by atoms with van der Waals surface area (Å²) in [5.74, 6) is -0.0418. The molecule has 1 rings (SSSR count). The predicted molar refractivity (Wildman–Crippen MR) is 54.8 cm³/mol. The van der Waals surface area contributed by atoms with E-state index in [9.17, 15) is 4.79 Å². The van der Waals surface area contributed by atoms with Crippen LogP contribution < -0.4 is 9.88 Å². The summed E-state index contributed by atoms with van der Waals surface area (Å²) in [6, 6.07) is 0. The van der Waals surface area contributed by atoms with Gasteiger partial charge in [0.2, 0.25) is 6.33 Å². The molecule has 0 saturated heterocycles.